The van der Waals surface area contributed by atoms with E-state index in [-0.39, 0.29) is 11.4 Å². The Kier molecular flexibility index (Phi) is 5.96. The van der Waals surface area contributed by atoms with Gasteiger partial charge in [-0.2, -0.15) is 0 Å². The number of hydrogen-bond acceptors (Lipinski definition) is 3. The Hall–Kier alpha value is -2.33. The molecule has 4 nitrogen and oxygen atoms in total. The van der Waals surface area contributed by atoms with Gasteiger partial charge in [-0.3, -0.25) is 4.79 Å². The summed E-state index contributed by atoms with van der Waals surface area (Å²) >= 11 is 0. The molecule has 148 valence electrons. The number of carbonyl (C=O) groups is 1. The van der Waals surface area contributed by atoms with Gasteiger partial charge in [-0.05, 0) is 56.3 Å². The van der Waals surface area contributed by atoms with Crippen LogP contribution in [0, 0.1) is 0 Å². The smallest absolute Gasteiger partial charge is 0.247 e. The van der Waals surface area contributed by atoms with E-state index in [4.69, 9.17) is 0 Å². The number of piperidine rings is 1. The van der Waals surface area contributed by atoms with E-state index in [1.807, 2.05) is 6.07 Å². The van der Waals surface area contributed by atoms with Crippen molar-refractivity contribution in [2.45, 2.75) is 44.1 Å². The van der Waals surface area contributed by atoms with Gasteiger partial charge in [0.1, 0.15) is 5.54 Å². The van der Waals surface area contributed by atoms with Crippen molar-refractivity contribution < 1.29 is 4.79 Å². The fourth-order valence-corrected chi connectivity index (χ4v) is 4.67. The number of para-hydroxylation sites is 1. The number of benzene rings is 2. The minimum Gasteiger partial charge on any atom is -0.339 e. The third-order valence-electron chi connectivity index (χ3n) is 6.37. The first-order valence-corrected chi connectivity index (χ1v) is 10.7. The number of likely N-dealkylation sites (tertiary alicyclic amines) is 1. The molecule has 2 aliphatic heterocycles. The lowest BCUT2D eigenvalue weighted by molar-refractivity contribution is -0.125. The molecule has 2 fully saturated rings. The highest BCUT2D eigenvalue weighted by atomic mass is 16.2. The third kappa shape index (κ3) is 4.07. The van der Waals surface area contributed by atoms with Gasteiger partial charge < -0.3 is 15.1 Å². The number of nitrogens with zero attached hydrogens (tertiary/aromatic N) is 2. The average Bonchev–Trinajstić information content (AvgIpc) is 3.06. The molecule has 1 amide bonds. The van der Waals surface area contributed by atoms with Crippen molar-refractivity contribution in [2.75, 3.05) is 31.2 Å². The maximum Gasteiger partial charge on any atom is 0.247 e. The van der Waals surface area contributed by atoms with Crippen molar-refractivity contribution in [3.63, 3.8) is 0 Å². The predicted octanol–water partition coefficient (Wildman–Crippen LogP) is 3.83. The largest absolute Gasteiger partial charge is 0.339 e. The van der Waals surface area contributed by atoms with Gasteiger partial charge >= 0.3 is 0 Å². The molecule has 1 spiro atoms. The number of rotatable bonds is 7. The molecule has 0 bridgehead atoms. The number of aryl methyl sites for hydroxylation is 1. The number of anilines is 1. The van der Waals surface area contributed by atoms with Crippen molar-refractivity contribution >= 4 is 11.6 Å². The summed E-state index contributed by atoms with van der Waals surface area (Å²) in [4.78, 5) is 17.5. The molecule has 4 rings (SSSR count). The van der Waals surface area contributed by atoms with E-state index in [2.05, 4.69) is 69.7 Å². The van der Waals surface area contributed by atoms with Gasteiger partial charge in [-0.15, -0.1) is 0 Å². The van der Waals surface area contributed by atoms with Gasteiger partial charge in [-0.1, -0.05) is 55.0 Å². The number of carbonyl (C=O) groups excluding carboxylic acids is 1. The highest BCUT2D eigenvalue weighted by Gasteiger charge is 2.50. The van der Waals surface area contributed by atoms with Crippen LogP contribution < -0.4 is 10.2 Å². The Balaban J connectivity index is 1.24. The minimum atomic E-state index is -0.356. The van der Waals surface area contributed by atoms with Gasteiger partial charge in [0.05, 0.1) is 6.67 Å². The van der Waals surface area contributed by atoms with E-state index in [1.165, 1.54) is 31.2 Å². The number of hydrogen-bond donors (Lipinski definition) is 1. The minimum absolute atomic E-state index is 0.207. The van der Waals surface area contributed by atoms with Crippen LogP contribution in [0.5, 0.6) is 0 Å². The SMILES string of the molecule is O=C1NCN(c2ccccc2)C12CCN(CCCCCc1ccccc1)CC2. The lowest BCUT2D eigenvalue weighted by atomic mass is 9.85. The molecule has 2 aromatic carbocycles. The molecule has 0 radical (unpaired) electrons. The number of amides is 1. The highest BCUT2D eigenvalue weighted by molar-refractivity contribution is 5.93. The van der Waals surface area contributed by atoms with Gasteiger partial charge in [0.15, 0.2) is 0 Å². The lowest BCUT2D eigenvalue weighted by Crippen LogP contribution is -2.56. The zero-order valence-electron chi connectivity index (χ0n) is 16.6. The van der Waals surface area contributed by atoms with Crippen LogP contribution in [0.2, 0.25) is 0 Å². The molecule has 4 heteroatoms. The quantitative estimate of drug-likeness (QED) is 0.745. The summed E-state index contributed by atoms with van der Waals surface area (Å²) in [6.45, 7) is 3.80. The zero-order chi connectivity index (χ0) is 19.2. The molecule has 1 N–H and O–H groups in total. The van der Waals surface area contributed by atoms with Crippen molar-refractivity contribution in [2.24, 2.45) is 0 Å². The molecule has 2 saturated heterocycles. The second-order valence-corrected chi connectivity index (χ2v) is 8.10. The monoisotopic (exact) mass is 377 g/mol. The zero-order valence-corrected chi connectivity index (χ0v) is 16.6. The fraction of sp³-hybridized carbons (Fsp3) is 0.458. The van der Waals surface area contributed by atoms with E-state index < -0.39 is 0 Å². The molecule has 0 atom stereocenters. The van der Waals surface area contributed by atoms with Crippen molar-refractivity contribution in [1.82, 2.24) is 10.2 Å². The van der Waals surface area contributed by atoms with Crippen LogP contribution in [0.4, 0.5) is 5.69 Å². The summed E-state index contributed by atoms with van der Waals surface area (Å²) in [5.41, 5.74) is 2.23. The van der Waals surface area contributed by atoms with Gasteiger partial charge in [0.25, 0.3) is 0 Å². The van der Waals surface area contributed by atoms with Crippen LogP contribution in [0.1, 0.15) is 37.7 Å². The van der Waals surface area contributed by atoms with E-state index >= 15 is 0 Å². The summed E-state index contributed by atoms with van der Waals surface area (Å²) in [5.74, 6) is 0.207. The Labute approximate surface area is 168 Å². The van der Waals surface area contributed by atoms with Crippen LogP contribution >= 0.6 is 0 Å². The topological polar surface area (TPSA) is 35.6 Å². The molecule has 2 heterocycles. The Morgan fingerprint density at radius 1 is 0.857 bits per heavy atom. The Morgan fingerprint density at radius 3 is 2.25 bits per heavy atom. The molecular weight excluding hydrogens is 346 g/mol. The number of nitrogens with one attached hydrogen (secondary N) is 1. The molecular formula is C24H31N3O. The van der Waals surface area contributed by atoms with Crippen LogP contribution in [-0.2, 0) is 11.2 Å². The Bertz CT molecular complexity index is 754. The first kappa shape index (κ1) is 19.0. The third-order valence-corrected chi connectivity index (χ3v) is 6.37. The molecule has 0 unspecified atom stereocenters. The van der Waals surface area contributed by atoms with E-state index in [0.29, 0.717) is 6.67 Å². The second-order valence-electron chi connectivity index (χ2n) is 8.10. The summed E-state index contributed by atoms with van der Waals surface area (Å²) in [6, 6.07) is 21.1. The van der Waals surface area contributed by atoms with Crippen LogP contribution in [0.3, 0.4) is 0 Å². The fourth-order valence-electron chi connectivity index (χ4n) is 4.67. The van der Waals surface area contributed by atoms with E-state index in [9.17, 15) is 4.79 Å². The first-order chi connectivity index (χ1) is 13.8. The van der Waals surface area contributed by atoms with Gasteiger partial charge in [0.2, 0.25) is 5.91 Å². The molecule has 28 heavy (non-hydrogen) atoms. The van der Waals surface area contributed by atoms with Crippen LogP contribution in [0.15, 0.2) is 60.7 Å². The molecule has 2 aliphatic rings. The average molecular weight is 378 g/mol. The van der Waals surface area contributed by atoms with E-state index in [1.54, 1.807) is 0 Å². The maximum absolute atomic E-state index is 12.7. The van der Waals surface area contributed by atoms with Crippen LogP contribution in [0.25, 0.3) is 0 Å². The van der Waals surface area contributed by atoms with Gasteiger partial charge in [-0.25, -0.2) is 0 Å². The summed E-state index contributed by atoms with van der Waals surface area (Å²) in [6.07, 6.45) is 6.78. The second kappa shape index (κ2) is 8.78. The van der Waals surface area contributed by atoms with Crippen molar-refractivity contribution in [1.29, 1.82) is 0 Å². The van der Waals surface area contributed by atoms with Crippen LogP contribution in [-0.4, -0.2) is 42.6 Å². The number of unbranched alkanes of at least 4 members (excludes halogenated alkanes) is 2. The Morgan fingerprint density at radius 2 is 1.54 bits per heavy atom. The normalized spacial score (nSPS) is 19.1. The predicted molar refractivity (Wildman–Crippen MR) is 114 cm³/mol. The molecule has 0 saturated carbocycles. The van der Waals surface area contributed by atoms with Crippen molar-refractivity contribution in [3.05, 3.63) is 66.2 Å². The van der Waals surface area contributed by atoms with Crippen molar-refractivity contribution in [3.8, 4) is 0 Å². The molecule has 0 aliphatic carbocycles. The summed E-state index contributed by atoms with van der Waals surface area (Å²) in [5, 5.41) is 3.09. The van der Waals surface area contributed by atoms with Gasteiger partial charge in [0, 0.05) is 18.8 Å². The maximum atomic E-state index is 12.7. The standard InChI is InChI=1S/C24H31N3O/c28-23-24(27(20-25-23)22-13-7-2-8-14-22)15-18-26(19-16-24)17-9-3-6-12-21-10-4-1-5-11-21/h1-2,4-5,7-8,10-11,13-14H,3,6,9,12,15-20H2,(H,25,28). The summed E-state index contributed by atoms with van der Waals surface area (Å²) in [7, 11) is 0. The first-order valence-electron chi connectivity index (χ1n) is 10.7. The molecule has 0 aromatic heterocycles. The lowest BCUT2D eigenvalue weighted by Gasteiger charge is -2.43. The summed E-state index contributed by atoms with van der Waals surface area (Å²) < 4.78 is 0. The highest BCUT2D eigenvalue weighted by Crippen LogP contribution is 2.36. The molecule has 2 aromatic rings. The van der Waals surface area contributed by atoms with E-state index in [0.717, 1.165) is 38.2 Å².